The number of aliphatic carboxylic acids is 1. The average Bonchev–Trinajstić information content (AvgIpc) is 2.91. The van der Waals surface area contributed by atoms with E-state index in [1.165, 1.54) is 5.57 Å². The second kappa shape index (κ2) is 2.95. The smallest absolute Gasteiger partial charge is 0.313 e. The monoisotopic (exact) mass is 206 g/mol. The lowest BCUT2D eigenvalue weighted by atomic mass is 9.82. The molecule has 1 saturated heterocycles. The minimum absolute atomic E-state index is 0.446. The van der Waals surface area contributed by atoms with Crippen molar-refractivity contribution in [3.05, 3.63) is 23.3 Å². The first-order valence-corrected chi connectivity index (χ1v) is 5.44. The lowest BCUT2D eigenvalue weighted by Crippen LogP contribution is -2.21. The van der Waals surface area contributed by atoms with Gasteiger partial charge in [-0.3, -0.25) is 4.79 Å². The topological polar surface area (TPSA) is 46.5 Å². The summed E-state index contributed by atoms with van der Waals surface area (Å²) in [4.78, 5) is 11.2. The van der Waals surface area contributed by atoms with Crippen LogP contribution in [0.15, 0.2) is 23.3 Å². The Balaban J connectivity index is 1.88. The highest BCUT2D eigenvalue weighted by Gasteiger charge is 2.53. The van der Waals surface area contributed by atoms with Crippen molar-refractivity contribution in [2.24, 2.45) is 11.3 Å². The molecule has 1 saturated carbocycles. The van der Waals surface area contributed by atoms with Gasteiger partial charge in [-0.15, -0.1) is 0 Å². The number of ether oxygens (including phenoxy) is 1. The summed E-state index contributed by atoms with van der Waals surface area (Å²) in [6.45, 7) is 1.49. The fourth-order valence-electron chi connectivity index (χ4n) is 2.61. The minimum atomic E-state index is -0.649. The fraction of sp³-hybridized carbons (Fsp3) is 0.583. The Kier molecular flexibility index (Phi) is 1.80. The zero-order valence-electron chi connectivity index (χ0n) is 8.53. The molecule has 2 aliphatic carbocycles. The van der Waals surface area contributed by atoms with Crippen molar-refractivity contribution in [2.75, 3.05) is 13.2 Å². The maximum atomic E-state index is 11.2. The lowest BCUT2D eigenvalue weighted by Gasteiger charge is -2.22. The summed E-state index contributed by atoms with van der Waals surface area (Å²) in [7, 11) is 0. The van der Waals surface area contributed by atoms with Gasteiger partial charge in [0.05, 0.1) is 18.6 Å². The van der Waals surface area contributed by atoms with Crippen molar-refractivity contribution in [1.29, 1.82) is 0 Å². The van der Waals surface area contributed by atoms with Crippen molar-refractivity contribution in [1.82, 2.24) is 0 Å². The molecule has 3 aliphatic rings. The Hall–Kier alpha value is -1.09. The highest BCUT2D eigenvalue weighted by atomic mass is 16.5. The molecule has 1 atom stereocenters. The molecule has 0 spiro atoms. The normalized spacial score (nSPS) is 31.6. The molecule has 1 unspecified atom stereocenters. The number of hydrogen-bond acceptors (Lipinski definition) is 2. The van der Waals surface area contributed by atoms with Gasteiger partial charge >= 0.3 is 5.97 Å². The van der Waals surface area contributed by atoms with Crippen LogP contribution < -0.4 is 0 Å². The van der Waals surface area contributed by atoms with E-state index in [0.29, 0.717) is 5.92 Å². The molecule has 0 aromatic heterocycles. The predicted molar refractivity (Wildman–Crippen MR) is 54.4 cm³/mol. The van der Waals surface area contributed by atoms with E-state index in [9.17, 15) is 9.90 Å². The Bertz CT molecular complexity index is 374. The lowest BCUT2D eigenvalue weighted by molar-refractivity contribution is -0.141. The van der Waals surface area contributed by atoms with E-state index >= 15 is 0 Å². The maximum absolute atomic E-state index is 11.2. The van der Waals surface area contributed by atoms with Gasteiger partial charge in [-0.25, -0.2) is 0 Å². The Labute approximate surface area is 88.4 Å². The first-order chi connectivity index (χ1) is 7.22. The van der Waals surface area contributed by atoms with E-state index in [1.54, 1.807) is 0 Å². The van der Waals surface area contributed by atoms with Gasteiger partial charge in [0.1, 0.15) is 0 Å². The van der Waals surface area contributed by atoms with E-state index in [4.69, 9.17) is 4.74 Å². The molecule has 3 nitrogen and oxygen atoms in total. The third-order valence-electron chi connectivity index (χ3n) is 3.85. The van der Waals surface area contributed by atoms with Crippen LogP contribution in [0.25, 0.3) is 0 Å². The molecular formula is C12H14O3. The van der Waals surface area contributed by atoms with Crippen molar-refractivity contribution in [3.63, 3.8) is 0 Å². The number of carboxylic acids is 1. The minimum Gasteiger partial charge on any atom is -0.481 e. The molecule has 0 radical (unpaired) electrons. The standard InChI is InChI=1S/C12H14O3/c13-11(14)12(3-4-12)10-2-1-8-6-15-7-9(8)5-10/h1-2,9H,3-7H2,(H,13,14). The van der Waals surface area contributed by atoms with Gasteiger partial charge in [-0.05, 0) is 24.8 Å². The third kappa shape index (κ3) is 1.26. The van der Waals surface area contributed by atoms with Crippen LogP contribution in [0.5, 0.6) is 0 Å². The Morgan fingerprint density at radius 1 is 1.47 bits per heavy atom. The molecule has 1 heterocycles. The SMILES string of the molecule is O=C(O)C1(C2=CC=C3COCC3C2)CC1. The first kappa shape index (κ1) is 9.16. The summed E-state index contributed by atoms with van der Waals surface area (Å²) in [5.41, 5.74) is 1.93. The number of allylic oxidation sites excluding steroid dienone is 2. The molecular weight excluding hydrogens is 192 g/mol. The van der Waals surface area contributed by atoms with Gasteiger partial charge in [-0.1, -0.05) is 17.7 Å². The molecule has 2 fully saturated rings. The number of rotatable bonds is 2. The molecule has 1 aliphatic heterocycles. The van der Waals surface area contributed by atoms with Crippen LogP contribution in [0.4, 0.5) is 0 Å². The molecule has 3 rings (SSSR count). The third-order valence-corrected chi connectivity index (χ3v) is 3.85. The summed E-state index contributed by atoms with van der Waals surface area (Å²) in [5, 5.41) is 9.20. The zero-order valence-corrected chi connectivity index (χ0v) is 8.53. The van der Waals surface area contributed by atoms with Crippen LogP contribution in [0.1, 0.15) is 19.3 Å². The van der Waals surface area contributed by atoms with Gasteiger partial charge < -0.3 is 9.84 Å². The largest absolute Gasteiger partial charge is 0.481 e. The van der Waals surface area contributed by atoms with E-state index in [1.807, 2.05) is 6.08 Å². The van der Waals surface area contributed by atoms with Crippen molar-refractivity contribution in [2.45, 2.75) is 19.3 Å². The van der Waals surface area contributed by atoms with Crippen molar-refractivity contribution >= 4 is 5.97 Å². The van der Waals surface area contributed by atoms with Gasteiger partial charge in [-0.2, -0.15) is 0 Å². The predicted octanol–water partition coefficient (Wildman–Crippen LogP) is 1.75. The molecule has 0 aromatic carbocycles. The molecule has 3 heteroatoms. The second-order valence-electron chi connectivity index (χ2n) is 4.74. The highest BCUT2D eigenvalue weighted by Crippen LogP contribution is 2.55. The molecule has 15 heavy (non-hydrogen) atoms. The number of carboxylic acid groups (broad SMARTS) is 1. The van der Waals surface area contributed by atoms with E-state index in [0.717, 1.165) is 38.0 Å². The summed E-state index contributed by atoms with van der Waals surface area (Å²) >= 11 is 0. The van der Waals surface area contributed by atoms with E-state index in [-0.39, 0.29) is 0 Å². The number of hydrogen-bond donors (Lipinski definition) is 1. The van der Waals surface area contributed by atoms with Crippen LogP contribution in [-0.2, 0) is 9.53 Å². The van der Waals surface area contributed by atoms with Gasteiger partial charge in [0.2, 0.25) is 0 Å². The summed E-state index contributed by atoms with van der Waals surface area (Å²) in [6, 6.07) is 0. The van der Waals surface area contributed by atoms with Gasteiger partial charge in [0.15, 0.2) is 0 Å². The van der Waals surface area contributed by atoms with Crippen molar-refractivity contribution < 1.29 is 14.6 Å². The van der Waals surface area contributed by atoms with E-state index < -0.39 is 11.4 Å². The van der Waals surface area contributed by atoms with E-state index in [2.05, 4.69) is 6.08 Å². The Morgan fingerprint density at radius 2 is 2.27 bits per heavy atom. The van der Waals surface area contributed by atoms with Crippen molar-refractivity contribution in [3.8, 4) is 0 Å². The quantitative estimate of drug-likeness (QED) is 0.748. The summed E-state index contributed by atoms with van der Waals surface area (Å²) < 4.78 is 5.38. The van der Waals surface area contributed by atoms with Gasteiger partial charge in [0, 0.05) is 5.92 Å². The molecule has 0 bridgehead atoms. The first-order valence-electron chi connectivity index (χ1n) is 5.44. The van der Waals surface area contributed by atoms with Crippen LogP contribution in [0.2, 0.25) is 0 Å². The highest BCUT2D eigenvalue weighted by molar-refractivity contribution is 5.82. The van der Waals surface area contributed by atoms with Crippen LogP contribution in [-0.4, -0.2) is 24.3 Å². The molecule has 80 valence electrons. The number of carbonyl (C=O) groups is 1. The fourth-order valence-corrected chi connectivity index (χ4v) is 2.61. The molecule has 1 N–H and O–H groups in total. The second-order valence-corrected chi connectivity index (χ2v) is 4.74. The Morgan fingerprint density at radius 3 is 2.93 bits per heavy atom. The molecule has 0 aromatic rings. The molecule has 0 amide bonds. The van der Waals surface area contributed by atoms with Crippen LogP contribution in [0.3, 0.4) is 0 Å². The van der Waals surface area contributed by atoms with Gasteiger partial charge in [0.25, 0.3) is 0 Å². The maximum Gasteiger partial charge on any atom is 0.313 e. The zero-order chi connectivity index (χ0) is 10.5. The summed E-state index contributed by atoms with van der Waals surface area (Å²) in [6.07, 6.45) is 6.59. The number of fused-ring (bicyclic) bond motifs is 1. The summed E-state index contributed by atoms with van der Waals surface area (Å²) in [5.74, 6) is -0.202. The average molecular weight is 206 g/mol. The van der Waals surface area contributed by atoms with Crippen LogP contribution >= 0.6 is 0 Å². The van der Waals surface area contributed by atoms with Crippen LogP contribution in [0, 0.1) is 11.3 Å².